The van der Waals surface area contributed by atoms with E-state index in [1.165, 1.54) is 0 Å². The second kappa shape index (κ2) is 6.87. The number of pyridine rings is 1. The average Bonchev–Trinajstić information content (AvgIpc) is 2.44. The quantitative estimate of drug-likeness (QED) is 0.835. The van der Waals surface area contributed by atoms with Crippen molar-refractivity contribution in [1.29, 1.82) is 0 Å². The van der Waals surface area contributed by atoms with Crippen molar-refractivity contribution in [2.75, 3.05) is 6.61 Å². The molecule has 1 aromatic carbocycles. The molecule has 112 valence electrons. The first-order valence-corrected chi connectivity index (χ1v) is 7.36. The van der Waals surface area contributed by atoms with Gasteiger partial charge in [0.1, 0.15) is 5.15 Å². The van der Waals surface area contributed by atoms with E-state index >= 15 is 0 Å². The molecule has 0 aliphatic heterocycles. The van der Waals surface area contributed by atoms with Crippen LogP contribution in [0, 0.1) is 5.92 Å². The van der Waals surface area contributed by atoms with Gasteiger partial charge in [0.2, 0.25) is 0 Å². The summed E-state index contributed by atoms with van der Waals surface area (Å²) in [4.78, 5) is 16.7. The first-order valence-electron chi connectivity index (χ1n) is 6.98. The molecule has 1 aromatic heterocycles. The summed E-state index contributed by atoms with van der Waals surface area (Å²) in [5.74, 6) is 0.149. The first-order chi connectivity index (χ1) is 10.0. The number of carbonyl (C=O) groups is 1. The van der Waals surface area contributed by atoms with Crippen LogP contribution in [0.1, 0.15) is 30.6 Å². The number of aliphatic hydroxyl groups excluding tert-OH is 1. The molecule has 1 atom stereocenters. The van der Waals surface area contributed by atoms with Crippen LogP contribution < -0.4 is 5.32 Å². The lowest BCUT2D eigenvalue weighted by molar-refractivity contribution is 0.0910. The highest BCUT2D eigenvalue weighted by molar-refractivity contribution is 6.30. The Hall–Kier alpha value is -1.65. The van der Waals surface area contributed by atoms with Crippen molar-refractivity contribution in [3.63, 3.8) is 0 Å². The van der Waals surface area contributed by atoms with E-state index in [4.69, 9.17) is 11.6 Å². The summed E-state index contributed by atoms with van der Waals surface area (Å²) in [5, 5.41) is 13.3. The van der Waals surface area contributed by atoms with Crippen molar-refractivity contribution >= 4 is 28.4 Å². The number of nitrogens with zero attached hydrogens (tertiary/aromatic N) is 1. The van der Waals surface area contributed by atoms with Gasteiger partial charge in [-0.05, 0) is 24.5 Å². The van der Waals surface area contributed by atoms with Crippen molar-refractivity contribution in [3.8, 4) is 0 Å². The summed E-state index contributed by atoms with van der Waals surface area (Å²) in [7, 11) is 0. The summed E-state index contributed by atoms with van der Waals surface area (Å²) in [6, 6.07) is 8.65. The Kier molecular flexibility index (Phi) is 5.15. The molecule has 2 rings (SSSR count). The van der Waals surface area contributed by atoms with Crippen molar-refractivity contribution in [2.45, 2.75) is 26.3 Å². The highest BCUT2D eigenvalue weighted by Crippen LogP contribution is 2.21. The third kappa shape index (κ3) is 3.93. The van der Waals surface area contributed by atoms with Gasteiger partial charge in [0.25, 0.3) is 5.91 Å². The maximum atomic E-state index is 12.5. The highest BCUT2D eigenvalue weighted by Gasteiger charge is 2.17. The van der Waals surface area contributed by atoms with E-state index < -0.39 is 0 Å². The van der Waals surface area contributed by atoms with E-state index in [0.29, 0.717) is 17.0 Å². The molecule has 1 amide bonds. The van der Waals surface area contributed by atoms with Gasteiger partial charge < -0.3 is 10.4 Å². The summed E-state index contributed by atoms with van der Waals surface area (Å²) in [6.07, 6.45) is 0.721. The third-order valence-corrected chi connectivity index (χ3v) is 3.43. The van der Waals surface area contributed by atoms with Gasteiger partial charge >= 0.3 is 0 Å². The zero-order chi connectivity index (χ0) is 15.4. The number of carbonyl (C=O) groups excluding carboxylic acids is 1. The fraction of sp³-hybridized carbons (Fsp3) is 0.375. The molecular weight excluding hydrogens is 288 g/mol. The summed E-state index contributed by atoms with van der Waals surface area (Å²) >= 11 is 5.98. The number of nitrogens with one attached hydrogen (secondary N) is 1. The number of halogens is 1. The zero-order valence-corrected chi connectivity index (χ0v) is 12.9. The highest BCUT2D eigenvalue weighted by atomic mass is 35.5. The van der Waals surface area contributed by atoms with Crippen LogP contribution in [0.3, 0.4) is 0 Å². The second-order valence-electron chi connectivity index (χ2n) is 5.49. The van der Waals surface area contributed by atoms with E-state index in [1.807, 2.05) is 38.1 Å². The Morgan fingerprint density at radius 2 is 2.10 bits per heavy atom. The minimum Gasteiger partial charge on any atom is -0.394 e. The molecule has 0 saturated carbocycles. The van der Waals surface area contributed by atoms with Gasteiger partial charge in [-0.15, -0.1) is 0 Å². The Labute approximate surface area is 129 Å². The first kappa shape index (κ1) is 15.7. The molecule has 1 heterocycles. The molecule has 4 nitrogen and oxygen atoms in total. The average molecular weight is 307 g/mol. The predicted octanol–water partition coefficient (Wildman–Crippen LogP) is 3.03. The second-order valence-corrected chi connectivity index (χ2v) is 5.88. The number of aliphatic hydroxyl groups is 1. The van der Waals surface area contributed by atoms with Gasteiger partial charge in [0, 0.05) is 5.39 Å². The van der Waals surface area contributed by atoms with Gasteiger partial charge in [-0.3, -0.25) is 4.79 Å². The van der Waals surface area contributed by atoms with E-state index in [0.717, 1.165) is 11.8 Å². The lowest BCUT2D eigenvalue weighted by Crippen LogP contribution is -2.38. The van der Waals surface area contributed by atoms with E-state index in [1.54, 1.807) is 6.07 Å². The lowest BCUT2D eigenvalue weighted by Gasteiger charge is -2.18. The van der Waals surface area contributed by atoms with E-state index in [-0.39, 0.29) is 23.7 Å². The fourth-order valence-electron chi connectivity index (χ4n) is 2.34. The predicted molar refractivity (Wildman–Crippen MR) is 84.5 cm³/mol. The molecule has 0 fully saturated rings. The normalized spacial score (nSPS) is 12.6. The van der Waals surface area contributed by atoms with Crippen molar-refractivity contribution in [2.24, 2.45) is 5.92 Å². The van der Waals surface area contributed by atoms with Gasteiger partial charge in [0.05, 0.1) is 23.7 Å². The summed E-state index contributed by atoms with van der Waals surface area (Å²) in [5.41, 5.74) is 1.16. The standard InChI is InChI=1S/C16H19ClN2O2/c1-10(2)7-11(9-20)18-16(21)13-8-15(17)19-14-6-4-3-5-12(13)14/h3-6,8,10-11,20H,7,9H2,1-2H3,(H,18,21). The Balaban J connectivity index is 2.30. The monoisotopic (exact) mass is 306 g/mol. The number of fused-ring (bicyclic) bond motifs is 1. The van der Waals surface area contributed by atoms with Crippen molar-refractivity contribution in [1.82, 2.24) is 10.3 Å². The molecular formula is C16H19ClN2O2. The van der Waals surface area contributed by atoms with Crippen LogP contribution in [0.15, 0.2) is 30.3 Å². The van der Waals surface area contributed by atoms with E-state index in [9.17, 15) is 9.90 Å². The van der Waals surface area contributed by atoms with Gasteiger partial charge in [0.15, 0.2) is 0 Å². The number of benzene rings is 1. The minimum absolute atomic E-state index is 0.0827. The molecule has 0 aliphatic rings. The number of aromatic nitrogens is 1. The minimum atomic E-state index is -0.261. The third-order valence-electron chi connectivity index (χ3n) is 3.24. The molecule has 0 radical (unpaired) electrons. The van der Waals surface area contributed by atoms with Crippen LogP contribution in [0.4, 0.5) is 0 Å². The van der Waals surface area contributed by atoms with Crippen LogP contribution >= 0.6 is 11.6 Å². The SMILES string of the molecule is CC(C)CC(CO)NC(=O)c1cc(Cl)nc2ccccc12. The Bertz CT molecular complexity index is 643. The largest absolute Gasteiger partial charge is 0.394 e. The van der Waals surface area contributed by atoms with Gasteiger partial charge in [-0.2, -0.15) is 0 Å². The fourth-order valence-corrected chi connectivity index (χ4v) is 2.54. The van der Waals surface area contributed by atoms with Gasteiger partial charge in [-0.1, -0.05) is 43.6 Å². The maximum Gasteiger partial charge on any atom is 0.252 e. The van der Waals surface area contributed by atoms with Crippen LogP contribution in [0.25, 0.3) is 10.9 Å². The summed E-state index contributed by atoms with van der Waals surface area (Å²) < 4.78 is 0. The van der Waals surface area contributed by atoms with Crippen LogP contribution in [0.2, 0.25) is 5.15 Å². The van der Waals surface area contributed by atoms with Crippen molar-refractivity contribution in [3.05, 3.63) is 41.0 Å². The molecule has 0 saturated heterocycles. The molecule has 21 heavy (non-hydrogen) atoms. The number of rotatable bonds is 5. The van der Waals surface area contributed by atoms with E-state index in [2.05, 4.69) is 10.3 Å². The molecule has 0 bridgehead atoms. The zero-order valence-electron chi connectivity index (χ0n) is 12.1. The number of hydrogen-bond donors (Lipinski definition) is 2. The topological polar surface area (TPSA) is 62.2 Å². The lowest BCUT2D eigenvalue weighted by atomic mass is 10.0. The molecule has 0 aliphatic carbocycles. The Morgan fingerprint density at radius 3 is 2.76 bits per heavy atom. The molecule has 2 N–H and O–H groups in total. The molecule has 2 aromatic rings. The van der Waals surface area contributed by atoms with Crippen LogP contribution in [-0.2, 0) is 0 Å². The number of para-hydroxylation sites is 1. The maximum absolute atomic E-state index is 12.5. The van der Waals surface area contributed by atoms with Crippen LogP contribution in [0.5, 0.6) is 0 Å². The summed E-state index contributed by atoms with van der Waals surface area (Å²) in [6.45, 7) is 4.02. The Morgan fingerprint density at radius 1 is 1.38 bits per heavy atom. The smallest absolute Gasteiger partial charge is 0.252 e. The molecule has 0 spiro atoms. The number of hydrogen-bond acceptors (Lipinski definition) is 3. The van der Waals surface area contributed by atoms with Gasteiger partial charge in [-0.25, -0.2) is 4.98 Å². The number of amides is 1. The molecule has 5 heteroatoms. The van der Waals surface area contributed by atoms with Crippen molar-refractivity contribution < 1.29 is 9.90 Å². The van der Waals surface area contributed by atoms with Crippen LogP contribution in [-0.4, -0.2) is 28.6 Å². The molecule has 1 unspecified atom stereocenters.